The van der Waals surface area contributed by atoms with E-state index in [4.69, 9.17) is 4.74 Å². The molecule has 0 bridgehead atoms. The molecule has 0 saturated heterocycles. The topological polar surface area (TPSA) is 95.3 Å². The maximum atomic E-state index is 14.9. The fourth-order valence-electron chi connectivity index (χ4n) is 3.25. The van der Waals surface area contributed by atoms with Crippen LogP contribution in [0, 0.1) is 6.08 Å². The fraction of sp³-hybridized carbons (Fsp3) is 0.286. The molecule has 0 aliphatic rings. The molecule has 0 amide bonds. The third kappa shape index (κ3) is 4.86. The summed E-state index contributed by atoms with van der Waals surface area (Å²) < 4.78 is 68.9. The van der Waals surface area contributed by atoms with Crippen molar-refractivity contribution in [2.75, 3.05) is 19.1 Å². The molecule has 0 radical (unpaired) electrons. The first kappa shape index (κ1) is 23.1. The number of hydrogen-bond acceptors (Lipinski definition) is 6. The van der Waals surface area contributed by atoms with Crippen LogP contribution in [0.2, 0.25) is 0 Å². The molecule has 3 rings (SSSR count). The van der Waals surface area contributed by atoms with Crippen LogP contribution < -0.4 is 0 Å². The first-order valence-corrected chi connectivity index (χ1v) is 13.2. The number of hydrogen-bond donors (Lipinski definition) is 0. The molecule has 3 aromatic rings. The molecule has 0 fully saturated rings. The summed E-state index contributed by atoms with van der Waals surface area (Å²) in [5, 5.41) is 0. The zero-order chi connectivity index (χ0) is 23.0. The van der Waals surface area contributed by atoms with Gasteiger partial charge < -0.3 is 4.74 Å². The van der Waals surface area contributed by atoms with Crippen LogP contribution in [-0.2, 0) is 24.4 Å². The summed E-state index contributed by atoms with van der Waals surface area (Å²) >= 11 is 0. The van der Waals surface area contributed by atoms with Crippen LogP contribution in [-0.4, -0.2) is 45.5 Å². The van der Waals surface area contributed by atoms with Gasteiger partial charge in [-0.1, -0.05) is 24.3 Å². The Morgan fingerprint density at radius 1 is 0.903 bits per heavy atom. The second-order valence-corrected chi connectivity index (χ2v) is 11.1. The largest absolute Gasteiger partial charge is 0.358 e. The summed E-state index contributed by atoms with van der Waals surface area (Å²) in [6.45, 7) is 3.82. The number of ether oxygens (including phenoxy) is 1. The quantitative estimate of drug-likeness (QED) is 0.527. The highest BCUT2D eigenvalue weighted by atomic mass is 32.2. The van der Waals surface area contributed by atoms with Crippen molar-refractivity contribution in [3.8, 4) is 22.5 Å². The molecule has 0 aliphatic heterocycles. The van der Waals surface area contributed by atoms with Crippen LogP contribution in [0.25, 0.3) is 22.5 Å². The molecule has 2 aromatic carbocycles. The summed E-state index contributed by atoms with van der Waals surface area (Å²) in [4.78, 5) is 4.35. The second-order valence-electron chi connectivity index (χ2n) is 7.10. The first-order valence-electron chi connectivity index (χ1n) is 9.43. The molecular formula is C21H23FN2O5S2. The van der Waals surface area contributed by atoms with Gasteiger partial charge in [-0.2, -0.15) is 4.39 Å². The molecule has 0 aliphatic carbocycles. The van der Waals surface area contributed by atoms with E-state index >= 15 is 0 Å². The maximum Gasteiger partial charge on any atom is 0.292 e. The van der Waals surface area contributed by atoms with Crippen LogP contribution in [0.15, 0.2) is 58.3 Å². The van der Waals surface area contributed by atoms with Gasteiger partial charge in [-0.25, -0.2) is 21.8 Å². The highest BCUT2D eigenvalue weighted by Gasteiger charge is 2.24. The Kier molecular flexibility index (Phi) is 6.35. The van der Waals surface area contributed by atoms with Crippen molar-refractivity contribution in [3.63, 3.8) is 0 Å². The molecule has 0 N–H and O–H groups in total. The Morgan fingerprint density at radius 3 is 1.77 bits per heavy atom. The summed E-state index contributed by atoms with van der Waals surface area (Å²) in [6, 6.07) is 12.0. The first-order chi connectivity index (χ1) is 14.4. The Hall–Kier alpha value is -2.56. The fourth-order valence-corrected chi connectivity index (χ4v) is 4.51. The summed E-state index contributed by atoms with van der Waals surface area (Å²) in [5.74, 6) is 0. The molecule has 0 spiro atoms. The molecule has 31 heavy (non-hydrogen) atoms. The Balaban J connectivity index is 2.22. The molecule has 1 unspecified atom stereocenters. The van der Waals surface area contributed by atoms with Crippen molar-refractivity contribution in [3.05, 3.63) is 54.6 Å². The number of nitrogens with zero attached hydrogens (tertiary/aromatic N) is 2. The average molecular weight is 467 g/mol. The van der Waals surface area contributed by atoms with Gasteiger partial charge in [0.15, 0.2) is 19.7 Å². The van der Waals surface area contributed by atoms with Crippen molar-refractivity contribution >= 4 is 19.7 Å². The number of aromatic nitrogens is 2. The smallest absolute Gasteiger partial charge is 0.292 e. The van der Waals surface area contributed by atoms with E-state index in [2.05, 4.69) is 4.98 Å². The lowest BCUT2D eigenvalue weighted by Gasteiger charge is -2.18. The molecule has 1 atom stereocenters. The minimum atomic E-state index is -3.39. The number of imidazole rings is 1. The van der Waals surface area contributed by atoms with Crippen molar-refractivity contribution < 1.29 is 26.0 Å². The molecular weight excluding hydrogens is 443 g/mol. The summed E-state index contributed by atoms with van der Waals surface area (Å²) in [5.41, 5.74) is 1.73. The summed E-state index contributed by atoms with van der Waals surface area (Å²) in [6.07, 6.45) is 0.767. The van der Waals surface area contributed by atoms with E-state index in [1.165, 1.54) is 28.8 Å². The molecule has 1 heterocycles. The van der Waals surface area contributed by atoms with Gasteiger partial charge in [0.2, 0.25) is 0 Å². The minimum absolute atomic E-state index is 0.137. The molecule has 10 heteroatoms. The van der Waals surface area contributed by atoms with Gasteiger partial charge in [0.1, 0.15) is 6.23 Å². The zero-order valence-corrected chi connectivity index (χ0v) is 19.2. The molecule has 7 nitrogen and oxygen atoms in total. The van der Waals surface area contributed by atoms with Crippen LogP contribution in [0.3, 0.4) is 0 Å². The van der Waals surface area contributed by atoms with Crippen molar-refractivity contribution in [2.24, 2.45) is 0 Å². The van der Waals surface area contributed by atoms with E-state index in [1.54, 1.807) is 38.1 Å². The SMILES string of the molecule is CCOC(C)n1c(F)nc(-c2ccc(S(C)(=O)=O)cc2)c1-c1ccc(S(C)(=O)=O)cc1. The van der Waals surface area contributed by atoms with E-state index in [1.807, 2.05) is 0 Å². The van der Waals surface area contributed by atoms with Crippen LogP contribution in [0.1, 0.15) is 20.1 Å². The standard InChI is InChI=1S/C21H23FN2O5S2/c1-5-29-14(2)24-20(16-8-12-18(13-9-16)31(4,27)28)19(23-21(24)22)15-6-10-17(11-7-15)30(3,25)26/h6-14H,5H2,1-4H3. The molecule has 1 aromatic heterocycles. The number of rotatable bonds is 7. The monoisotopic (exact) mass is 466 g/mol. The Bertz CT molecular complexity index is 1300. The van der Waals surface area contributed by atoms with Gasteiger partial charge in [-0.15, -0.1) is 0 Å². The molecule has 166 valence electrons. The number of sulfone groups is 2. The maximum absolute atomic E-state index is 14.9. The normalized spacial score (nSPS) is 13.3. The lowest BCUT2D eigenvalue weighted by molar-refractivity contribution is 0.0180. The highest BCUT2D eigenvalue weighted by molar-refractivity contribution is 7.91. The highest BCUT2D eigenvalue weighted by Crippen LogP contribution is 2.35. The lowest BCUT2D eigenvalue weighted by Crippen LogP contribution is -2.13. The summed E-state index contributed by atoms with van der Waals surface area (Å²) in [7, 11) is -6.77. The van der Waals surface area contributed by atoms with Gasteiger partial charge in [0.25, 0.3) is 6.08 Å². The van der Waals surface area contributed by atoms with Crippen LogP contribution in [0.4, 0.5) is 4.39 Å². The minimum Gasteiger partial charge on any atom is -0.358 e. The third-order valence-electron chi connectivity index (χ3n) is 4.75. The number of benzene rings is 2. The predicted octanol–water partition coefficient (Wildman–Crippen LogP) is 3.72. The predicted molar refractivity (Wildman–Crippen MR) is 116 cm³/mol. The van der Waals surface area contributed by atoms with Gasteiger partial charge >= 0.3 is 0 Å². The van der Waals surface area contributed by atoms with Crippen molar-refractivity contribution in [1.82, 2.24) is 9.55 Å². The van der Waals surface area contributed by atoms with Gasteiger partial charge in [0, 0.05) is 30.2 Å². The average Bonchev–Trinajstić information content (AvgIpc) is 3.04. The number of halogens is 1. The second kappa shape index (κ2) is 8.52. The van der Waals surface area contributed by atoms with E-state index in [-0.39, 0.29) is 15.5 Å². The van der Waals surface area contributed by atoms with Crippen molar-refractivity contribution in [2.45, 2.75) is 29.9 Å². The van der Waals surface area contributed by atoms with Gasteiger partial charge in [-0.3, -0.25) is 4.57 Å². The Morgan fingerprint density at radius 2 is 1.35 bits per heavy atom. The van der Waals surface area contributed by atoms with E-state index in [0.717, 1.165) is 12.5 Å². The Labute approximate surface area is 181 Å². The lowest BCUT2D eigenvalue weighted by atomic mass is 10.0. The van der Waals surface area contributed by atoms with Crippen molar-refractivity contribution in [1.29, 1.82) is 0 Å². The van der Waals surface area contributed by atoms with E-state index in [9.17, 15) is 21.2 Å². The van der Waals surface area contributed by atoms with Crippen LogP contribution >= 0.6 is 0 Å². The van der Waals surface area contributed by atoms with Gasteiger partial charge in [-0.05, 0) is 38.1 Å². The van der Waals surface area contributed by atoms with Crippen LogP contribution in [0.5, 0.6) is 0 Å². The van der Waals surface area contributed by atoms with E-state index < -0.39 is 32.0 Å². The van der Waals surface area contributed by atoms with E-state index in [0.29, 0.717) is 23.4 Å². The van der Waals surface area contributed by atoms with Gasteiger partial charge in [0.05, 0.1) is 21.2 Å². The molecule has 0 saturated carbocycles. The zero-order valence-electron chi connectivity index (χ0n) is 17.5. The third-order valence-corrected chi connectivity index (χ3v) is 7.01.